The van der Waals surface area contributed by atoms with Gasteiger partial charge in [0.25, 0.3) is 5.91 Å². The van der Waals surface area contributed by atoms with Crippen LogP contribution in [0.2, 0.25) is 0 Å². The number of hydrogen-bond acceptors (Lipinski definition) is 4. The van der Waals surface area contributed by atoms with Crippen molar-refractivity contribution < 1.29 is 9.59 Å². The molecule has 1 saturated heterocycles. The molecule has 0 radical (unpaired) electrons. The average Bonchev–Trinajstić information content (AvgIpc) is 3.21. The van der Waals surface area contributed by atoms with Gasteiger partial charge in [-0.1, -0.05) is 0 Å². The monoisotopic (exact) mass is 268 g/mol. The van der Waals surface area contributed by atoms with Gasteiger partial charge in [0.1, 0.15) is 0 Å². The Balaban J connectivity index is 1.75. The van der Waals surface area contributed by atoms with Crippen molar-refractivity contribution in [2.45, 2.75) is 38.6 Å². The third-order valence-electron chi connectivity index (χ3n) is 3.74. The van der Waals surface area contributed by atoms with E-state index in [0.29, 0.717) is 18.5 Å². The number of piperidine rings is 1. The highest BCUT2D eigenvalue weighted by Crippen LogP contribution is 2.28. The molecule has 1 saturated carbocycles. The van der Waals surface area contributed by atoms with Crippen molar-refractivity contribution in [2.75, 3.05) is 26.2 Å². The molecule has 2 rings (SSSR count). The minimum absolute atomic E-state index is 0.129. The largest absolute Gasteiger partial charge is 0.317 e. The minimum atomic E-state index is -0.246. The van der Waals surface area contributed by atoms with Crippen LogP contribution in [-0.2, 0) is 9.59 Å². The molecule has 0 unspecified atom stereocenters. The molecule has 2 amide bonds. The lowest BCUT2D eigenvalue weighted by atomic mass is 9.97. The first-order chi connectivity index (χ1) is 9.15. The Morgan fingerprint density at radius 3 is 2.42 bits per heavy atom. The molecule has 1 aliphatic heterocycles. The smallest absolute Gasteiger partial charge is 0.252 e. The van der Waals surface area contributed by atoms with Crippen LogP contribution >= 0.6 is 0 Å². The second-order valence-electron chi connectivity index (χ2n) is 5.58. The van der Waals surface area contributed by atoms with E-state index >= 15 is 0 Å². The molecule has 0 atom stereocenters. The summed E-state index contributed by atoms with van der Waals surface area (Å²) in [7, 11) is 0. The maximum absolute atomic E-state index is 11.8. The van der Waals surface area contributed by atoms with Gasteiger partial charge in [0.05, 0.1) is 6.54 Å². The first-order valence-electron chi connectivity index (χ1n) is 7.15. The van der Waals surface area contributed by atoms with Crippen LogP contribution in [0, 0.1) is 5.92 Å². The summed E-state index contributed by atoms with van der Waals surface area (Å²) in [4.78, 5) is 24.8. The molecule has 0 bridgehead atoms. The van der Waals surface area contributed by atoms with Crippen LogP contribution in [0.4, 0.5) is 0 Å². The third kappa shape index (κ3) is 5.16. The van der Waals surface area contributed by atoms with Gasteiger partial charge in [-0.15, -0.1) is 0 Å². The standard InChI is InChI=1S/C13H24N4O2/c1-10(18)15-16-13(19)9-17(12-2-3-12)8-11-4-6-14-7-5-11/h11-12,14H,2-9H2,1H3,(H,15,18)(H,16,19). The first kappa shape index (κ1) is 14.3. The molecule has 2 fully saturated rings. The van der Waals surface area contributed by atoms with Gasteiger partial charge in [0.2, 0.25) is 5.91 Å². The van der Waals surface area contributed by atoms with E-state index in [9.17, 15) is 9.59 Å². The van der Waals surface area contributed by atoms with Crippen molar-refractivity contribution >= 4 is 11.8 Å². The van der Waals surface area contributed by atoms with Crippen molar-refractivity contribution in [3.05, 3.63) is 0 Å². The van der Waals surface area contributed by atoms with Crippen molar-refractivity contribution in [3.8, 4) is 0 Å². The molecule has 6 heteroatoms. The van der Waals surface area contributed by atoms with Crippen LogP contribution in [0.15, 0.2) is 0 Å². The first-order valence-corrected chi connectivity index (χ1v) is 7.15. The molecule has 0 aromatic heterocycles. The van der Waals surface area contributed by atoms with E-state index in [0.717, 1.165) is 19.6 Å². The number of nitrogens with zero attached hydrogens (tertiary/aromatic N) is 1. The summed E-state index contributed by atoms with van der Waals surface area (Å²) in [6.07, 6.45) is 4.77. The lowest BCUT2D eigenvalue weighted by molar-refractivity contribution is -0.128. The zero-order chi connectivity index (χ0) is 13.7. The van der Waals surface area contributed by atoms with Gasteiger partial charge in [0.15, 0.2) is 0 Å². The maximum atomic E-state index is 11.8. The van der Waals surface area contributed by atoms with E-state index < -0.39 is 0 Å². The van der Waals surface area contributed by atoms with E-state index in [1.54, 1.807) is 0 Å². The fraction of sp³-hybridized carbons (Fsp3) is 0.846. The predicted molar refractivity (Wildman–Crippen MR) is 72.1 cm³/mol. The maximum Gasteiger partial charge on any atom is 0.252 e. The highest BCUT2D eigenvalue weighted by molar-refractivity contribution is 5.82. The molecule has 3 N–H and O–H groups in total. The molecule has 1 aliphatic carbocycles. The topological polar surface area (TPSA) is 73.5 Å². The fourth-order valence-electron chi connectivity index (χ4n) is 2.56. The SMILES string of the molecule is CC(=O)NNC(=O)CN(CC1CCNCC1)C1CC1. The minimum Gasteiger partial charge on any atom is -0.317 e. The lowest BCUT2D eigenvalue weighted by Crippen LogP contribution is -2.47. The lowest BCUT2D eigenvalue weighted by Gasteiger charge is -2.29. The molecule has 6 nitrogen and oxygen atoms in total. The highest BCUT2D eigenvalue weighted by atomic mass is 16.2. The molecule has 2 aliphatic rings. The summed E-state index contributed by atoms with van der Waals surface area (Å²) in [5, 5.41) is 3.36. The van der Waals surface area contributed by atoms with Crippen molar-refractivity contribution in [2.24, 2.45) is 5.92 Å². The molecule has 0 spiro atoms. The molecule has 108 valence electrons. The summed E-state index contributed by atoms with van der Waals surface area (Å²) >= 11 is 0. The van der Waals surface area contributed by atoms with Gasteiger partial charge < -0.3 is 5.32 Å². The van der Waals surface area contributed by atoms with Gasteiger partial charge in [-0.3, -0.25) is 25.3 Å². The quantitative estimate of drug-likeness (QED) is 0.594. The van der Waals surface area contributed by atoms with Gasteiger partial charge in [0, 0.05) is 19.5 Å². The summed E-state index contributed by atoms with van der Waals surface area (Å²) in [6.45, 7) is 4.94. The molecular formula is C13H24N4O2. The van der Waals surface area contributed by atoms with Gasteiger partial charge in [-0.2, -0.15) is 0 Å². The third-order valence-corrected chi connectivity index (χ3v) is 3.74. The number of hydrazine groups is 1. The van der Waals surface area contributed by atoms with E-state index in [2.05, 4.69) is 21.1 Å². The van der Waals surface area contributed by atoms with Crippen molar-refractivity contribution in [1.82, 2.24) is 21.1 Å². The zero-order valence-electron chi connectivity index (χ0n) is 11.6. The zero-order valence-corrected chi connectivity index (χ0v) is 11.6. The molecular weight excluding hydrogens is 244 g/mol. The summed E-state index contributed by atoms with van der Waals surface area (Å²) < 4.78 is 0. The van der Waals surface area contributed by atoms with Crippen LogP contribution in [0.5, 0.6) is 0 Å². The molecule has 0 aromatic carbocycles. The van der Waals surface area contributed by atoms with Crippen LogP contribution in [-0.4, -0.2) is 48.9 Å². The van der Waals surface area contributed by atoms with Gasteiger partial charge in [-0.25, -0.2) is 0 Å². The Bertz CT molecular complexity index is 325. The normalized spacial score (nSPS) is 20.3. The van der Waals surface area contributed by atoms with Crippen LogP contribution in [0.3, 0.4) is 0 Å². The number of carbonyl (C=O) groups excluding carboxylic acids is 2. The molecule has 19 heavy (non-hydrogen) atoms. The summed E-state index contributed by atoms with van der Waals surface area (Å²) in [5.41, 5.74) is 4.78. The highest BCUT2D eigenvalue weighted by Gasteiger charge is 2.32. The molecule has 1 heterocycles. The summed E-state index contributed by atoms with van der Waals surface area (Å²) in [6, 6.07) is 0.568. The Morgan fingerprint density at radius 1 is 1.16 bits per heavy atom. The molecule has 0 aromatic rings. The predicted octanol–water partition coefficient (Wildman–Crippen LogP) is -0.382. The Hall–Kier alpha value is -1.14. The van der Waals surface area contributed by atoms with Crippen LogP contribution in [0.1, 0.15) is 32.6 Å². The van der Waals surface area contributed by atoms with Crippen LogP contribution in [0.25, 0.3) is 0 Å². The second kappa shape index (κ2) is 6.86. The number of hydrogen-bond donors (Lipinski definition) is 3. The number of carbonyl (C=O) groups is 2. The van der Waals surface area contributed by atoms with Crippen LogP contribution < -0.4 is 16.2 Å². The summed E-state index contributed by atoms with van der Waals surface area (Å²) in [5.74, 6) is 0.316. The van der Waals surface area contributed by atoms with Gasteiger partial charge >= 0.3 is 0 Å². The van der Waals surface area contributed by atoms with Crippen molar-refractivity contribution in [1.29, 1.82) is 0 Å². The Morgan fingerprint density at radius 2 is 1.84 bits per heavy atom. The number of amides is 2. The van der Waals surface area contributed by atoms with Crippen molar-refractivity contribution in [3.63, 3.8) is 0 Å². The van der Waals surface area contributed by atoms with E-state index in [4.69, 9.17) is 0 Å². The van der Waals surface area contributed by atoms with E-state index in [1.165, 1.54) is 32.6 Å². The van der Waals surface area contributed by atoms with E-state index in [-0.39, 0.29) is 11.8 Å². The Labute approximate surface area is 114 Å². The van der Waals surface area contributed by atoms with E-state index in [1.807, 2.05) is 0 Å². The number of rotatable bonds is 5. The fourth-order valence-corrected chi connectivity index (χ4v) is 2.56. The average molecular weight is 268 g/mol. The second-order valence-corrected chi connectivity index (χ2v) is 5.58. The Kier molecular flexibility index (Phi) is 5.15. The van der Waals surface area contributed by atoms with Gasteiger partial charge in [-0.05, 0) is 44.7 Å². The number of nitrogens with one attached hydrogen (secondary N) is 3.